The lowest BCUT2D eigenvalue weighted by Gasteiger charge is -2.37. The number of hydrogen-bond donors (Lipinski definition) is 1. The fourth-order valence-electron chi connectivity index (χ4n) is 4.10. The maximum atomic E-state index is 14.1. The van der Waals surface area contributed by atoms with E-state index in [1.165, 1.54) is 18.1 Å². The van der Waals surface area contributed by atoms with Gasteiger partial charge in [-0.1, -0.05) is 12.1 Å². The maximum Gasteiger partial charge on any atom is 0.237 e. The van der Waals surface area contributed by atoms with Gasteiger partial charge in [-0.15, -0.1) is 11.3 Å². The highest BCUT2D eigenvalue weighted by molar-refractivity contribution is 7.10. The molecule has 3 rings (SSSR count). The van der Waals surface area contributed by atoms with Gasteiger partial charge in [0.05, 0.1) is 25.3 Å². The third-order valence-corrected chi connectivity index (χ3v) is 6.65. The van der Waals surface area contributed by atoms with Crippen molar-refractivity contribution in [3.05, 3.63) is 52.0 Å². The quantitative estimate of drug-likeness (QED) is 0.445. The number of rotatable bonds is 13. The first-order valence-corrected chi connectivity index (χ1v) is 12.0. The zero-order valence-corrected chi connectivity index (χ0v) is 20.1. The number of ether oxygens (including phenoxy) is 3. The van der Waals surface area contributed by atoms with Crippen LogP contribution in [0.1, 0.15) is 22.9 Å². The highest BCUT2D eigenvalue weighted by atomic mass is 32.1. The third-order valence-electron chi connectivity index (χ3n) is 5.66. The van der Waals surface area contributed by atoms with E-state index < -0.39 is 11.9 Å². The number of fused-ring (bicyclic) bond motifs is 1. The van der Waals surface area contributed by atoms with Crippen LogP contribution in [0, 0.1) is 5.82 Å². The molecule has 0 aliphatic carbocycles. The van der Waals surface area contributed by atoms with Gasteiger partial charge >= 0.3 is 0 Å². The Balaban J connectivity index is 1.71. The van der Waals surface area contributed by atoms with E-state index in [0.717, 1.165) is 18.4 Å². The zero-order chi connectivity index (χ0) is 23.6. The lowest BCUT2D eigenvalue weighted by atomic mass is 10.0. The van der Waals surface area contributed by atoms with Crippen molar-refractivity contribution < 1.29 is 28.5 Å². The number of benzene rings is 1. The minimum atomic E-state index is -0.685. The summed E-state index contributed by atoms with van der Waals surface area (Å²) >= 11 is 1.67. The first kappa shape index (κ1) is 25.6. The van der Waals surface area contributed by atoms with Crippen LogP contribution in [-0.4, -0.2) is 87.1 Å². The van der Waals surface area contributed by atoms with Crippen LogP contribution in [0.2, 0.25) is 0 Å². The Morgan fingerprint density at radius 2 is 2.12 bits per heavy atom. The van der Waals surface area contributed by atoms with Crippen LogP contribution in [-0.2, 0) is 20.7 Å². The number of methoxy groups -OCH3 is 2. The van der Waals surface area contributed by atoms with Crippen LogP contribution in [0.4, 0.5) is 4.39 Å². The number of aliphatic hydroxyl groups is 1. The van der Waals surface area contributed by atoms with E-state index in [0.29, 0.717) is 26.2 Å². The van der Waals surface area contributed by atoms with E-state index in [-0.39, 0.29) is 37.5 Å². The molecular weight excluding hydrogens is 447 g/mol. The highest BCUT2D eigenvalue weighted by Gasteiger charge is 2.33. The molecule has 7 nitrogen and oxygen atoms in total. The summed E-state index contributed by atoms with van der Waals surface area (Å²) in [5.74, 6) is -0.291. The molecule has 1 aromatic carbocycles. The van der Waals surface area contributed by atoms with Gasteiger partial charge in [-0.2, -0.15) is 0 Å². The molecule has 0 radical (unpaired) electrons. The number of halogens is 1. The van der Waals surface area contributed by atoms with Gasteiger partial charge in [-0.05, 0) is 42.0 Å². The second-order valence-electron chi connectivity index (χ2n) is 8.08. The van der Waals surface area contributed by atoms with Gasteiger partial charge in [0.25, 0.3) is 0 Å². The number of carbonyl (C=O) groups excluding carboxylic acids is 1. The standard InChI is InChI=1S/C24H33FN2O5S/c1-30-12-5-10-26(14-18(28)16-31-2)15-24(29)27-11-8-23-19(9-13-33-23)21(27)17-32-22-7-4-3-6-20(22)25/h3-4,6-7,9,13,18,21,28H,5,8,10-12,14-17H2,1-2H3/t18-,21-/m1/s1. The Morgan fingerprint density at radius 1 is 1.30 bits per heavy atom. The van der Waals surface area contributed by atoms with Crippen molar-refractivity contribution in [1.29, 1.82) is 0 Å². The van der Waals surface area contributed by atoms with Crippen LogP contribution in [0.15, 0.2) is 35.7 Å². The Kier molecular flexibility index (Phi) is 10.1. The monoisotopic (exact) mass is 480 g/mol. The fourth-order valence-corrected chi connectivity index (χ4v) is 5.03. The molecular formula is C24H33FN2O5S. The van der Waals surface area contributed by atoms with Crippen molar-refractivity contribution in [2.24, 2.45) is 0 Å². The number of thiophene rings is 1. The summed E-state index contributed by atoms with van der Waals surface area (Å²) in [6.07, 6.45) is 0.846. The van der Waals surface area contributed by atoms with Gasteiger partial charge in [0.2, 0.25) is 5.91 Å². The average Bonchev–Trinajstić information content (AvgIpc) is 3.27. The maximum absolute atomic E-state index is 14.1. The number of para-hydroxylation sites is 1. The molecule has 0 fully saturated rings. The molecule has 1 N–H and O–H groups in total. The number of nitrogens with zero attached hydrogens (tertiary/aromatic N) is 2. The van der Waals surface area contributed by atoms with Gasteiger partial charge in [0.1, 0.15) is 6.61 Å². The van der Waals surface area contributed by atoms with Gasteiger partial charge < -0.3 is 24.2 Å². The molecule has 1 amide bonds. The molecule has 2 aromatic rings. The highest BCUT2D eigenvalue weighted by Crippen LogP contribution is 2.34. The molecule has 182 valence electrons. The Bertz CT molecular complexity index is 880. The molecule has 2 atom stereocenters. The number of amides is 1. The van der Waals surface area contributed by atoms with Crippen LogP contribution in [0.25, 0.3) is 0 Å². The molecule has 0 spiro atoms. The van der Waals surface area contributed by atoms with Gasteiger partial charge in [-0.3, -0.25) is 9.69 Å². The van der Waals surface area contributed by atoms with E-state index in [4.69, 9.17) is 14.2 Å². The lowest BCUT2D eigenvalue weighted by Crippen LogP contribution is -2.48. The Labute approximate surface area is 198 Å². The van der Waals surface area contributed by atoms with Gasteiger partial charge in [0.15, 0.2) is 11.6 Å². The summed E-state index contributed by atoms with van der Waals surface area (Å²) in [7, 11) is 3.18. The predicted molar refractivity (Wildman–Crippen MR) is 125 cm³/mol. The molecule has 9 heteroatoms. The second kappa shape index (κ2) is 13.0. The van der Waals surface area contributed by atoms with Crippen molar-refractivity contribution in [3.63, 3.8) is 0 Å². The molecule has 0 unspecified atom stereocenters. The number of aliphatic hydroxyl groups excluding tert-OH is 1. The van der Waals surface area contributed by atoms with Gasteiger partial charge in [-0.25, -0.2) is 4.39 Å². The van der Waals surface area contributed by atoms with Crippen molar-refractivity contribution in [3.8, 4) is 5.75 Å². The molecule has 1 aliphatic rings. The van der Waals surface area contributed by atoms with E-state index in [2.05, 4.69) is 0 Å². The van der Waals surface area contributed by atoms with Crippen molar-refractivity contribution >= 4 is 17.2 Å². The summed E-state index contributed by atoms with van der Waals surface area (Å²) in [5.41, 5.74) is 1.06. The van der Waals surface area contributed by atoms with E-state index in [9.17, 15) is 14.3 Å². The van der Waals surface area contributed by atoms with Crippen LogP contribution >= 0.6 is 11.3 Å². The van der Waals surface area contributed by atoms with Crippen molar-refractivity contribution in [2.75, 3.05) is 60.2 Å². The summed E-state index contributed by atoms with van der Waals surface area (Å²) in [6.45, 7) is 2.64. The predicted octanol–water partition coefficient (Wildman–Crippen LogP) is 2.74. The van der Waals surface area contributed by atoms with Crippen LogP contribution < -0.4 is 4.74 Å². The minimum Gasteiger partial charge on any atom is -0.488 e. The van der Waals surface area contributed by atoms with Crippen LogP contribution in [0.5, 0.6) is 5.75 Å². The summed E-state index contributed by atoms with van der Waals surface area (Å²) in [4.78, 5) is 18.4. The van der Waals surface area contributed by atoms with Gasteiger partial charge in [0, 0.05) is 45.3 Å². The topological polar surface area (TPSA) is 71.5 Å². The fraction of sp³-hybridized carbons (Fsp3) is 0.542. The first-order chi connectivity index (χ1) is 16.0. The van der Waals surface area contributed by atoms with Crippen molar-refractivity contribution in [2.45, 2.75) is 25.0 Å². The molecule has 0 saturated carbocycles. The molecule has 1 aromatic heterocycles. The van der Waals surface area contributed by atoms with E-state index in [1.54, 1.807) is 36.6 Å². The Morgan fingerprint density at radius 3 is 2.88 bits per heavy atom. The second-order valence-corrected chi connectivity index (χ2v) is 9.08. The van der Waals surface area contributed by atoms with Crippen LogP contribution in [0.3, 0.4) is 0 Å². The average molecular weight is 481 g/mol. The SMILES string of the molecule is COCCCN(CC(=O)N1CCc2sccc2[C@H]1COc1ccccc1F)C[C@@H](O)COC. The number of carbonyl (C=O) groups is 1. The third kappa shape index (κ3) is 7.22. The molecule has 0 saturated heterocycles. The summed E-state index contributed by atoms with van der Waals surface area (Å²) in [5, 5.41) is 12.2. The zero-order valence-electron chi connectivity index (χ0n) is 19.2. The molecule has 1 aliphatic heterocycles. The normalized spacial score (nSPS) is 16.6. The number of hydrogen-bond acceptors (Lipinski definition) is 7. The van der Waals surface area contributed by atoms with E-state index >= 15 is 0 Å². The first-order valence-electron chi connectivity index (χ1n) is 11.1. The summed E-state index contributed by atoms with van der Waals surface area (Å²) in [6, 6.07) is 8.02. The summed E-state index contributed by atoms with van der Waals surface area (Å²) < 4.78 is 30.1. The smallest absolute Gasteiger partial charge is 0.237 e. The lowest BCUT2D eigenvalue weighted by molar-refractivity contribution is -0.136. The largest absolute Gasteiger partial charge is 0.488 e. The van der Waals surface area contributed by atoms with Crippen molar-refractivity contribution in [1.82, 2.24) is 9.80 Å². The molecule has 2 heterocycles. The Hall–Kier alpha value is -2.04. The minimum absolute atomic E-state index is 0.0454. The van der Waals surface area contributed by atoms with E-state index in [1.807, 2.05) is 21.2 Å². The molecule has 33 heavy (non-hydrogen) atoms. The molecule has 0 bridgehead atoms.